The van der Waals surface area contributed by atoms with E-state index in [0.717, 1.165) is 16.1 Å². The predicted molar refractivity (Wildman–Crippen MR) is 92.2 cm³/mol. The third kappa shape index (κ3) is 2.63. The molecule has 1 aliphatic heterocycles. The minimum absolute atomic E-state index is 0.138. The molecule has 4 nitrogen and oxygen atoms in total. The monoisotopic (exact) mass is 309 g/mol. The first-order chi connectivity index (χ1) is 10.7. The number of carbonyl (C=O) groups excluding carboxylic acids is 1. The Labute approximate surface area is 133 Å². The van der Waals surface area contributed by atoms with Crippen LogP contribution in [0.2, 0.25) is 0 Å². The van der Waals surface area contributed by atoms with Crippen LogP contribution in [0.15, 0.2) is 59.3 Å². The SMILES string of the molecule is C=CCN1C(=O)C(=NN=Cc2ccc(C)s2)c2ccccc21. The van der Waals surface area contributed by atoms with Crippen molar-refractivity contribution in [3.05, 3.63) is 64.4 Å². The van der Waals surface area contributed by atoms with Gasteiger partial charge in [0, 0.05) is 21.9 Å². The molecular weight excluding hydrogens is 294 g/mol. The number of carbonyl (C=O) groups is 1. The first kappa shape index (κ1) is 14.4. The lowest BCUT2D eigenvalue weighted by Gasteiger charge is -2.13. The van der Waals surface area contributed by atoms with Crippen LogP contribution in [0.3, 0.4) is 0 Å². The van der Waals surface area contributed by atoms with Gasteiger partial charge in [-0.25, -0.2) is 0 Å². The number of para-hydroxylation sites is 1. The number of fused-ring (bicyclic) bond motifs is 1. The van der Waals surface area contributed by atoms with Gasteiger partial charge in [0.1, 0.15) is 0 Å². The van der Waals surface area contributed by atoms with Gasteiger partial charge in [0.05, 0.1) is 11.9 Å². The summed E-state index contributed by atoms with van der Waals surface area (Å²) in [4.78, 5) is 16.4. The zero-order chi connectivity index (χ0) is 15.5. The van der Waals surface area contributed by atoms with Crippen LogP contribution in [-0.4, -0.2) is 24.4 Å². The van der Waals surface area contributed by atoms with Crippen LogP contribution in [0, 0.1) is 6.92 Å². The first-order valence-electron chi connectivity index (χ1n) is 6.90. The van der Waals surface area contributed by atoms with Gasteiger partial charge in [0.2, 0.25) is 0 Å². The largest absolute Gasteiger partial charge is 0.302 e. The summed E-state index contributed by atoms with van der Waals surface area (Å²) in [6.45, 7) is 6.20. The first-order valence-corrected chi connectivity index (χ1v) is 7.72. The van der Waals surface area contributed by atoms with Gasteiger partial charge in [-0.05, 0) is 25.1 Å². The minimum atomic E-state index is -0.138. The Morgan fingerprint density at radius 2 is 2.09 bits per heavy atom. The van der Waals surface area contributed by atoms with Crippen LogP contribution in [0.1, 0.15) is 15.3 Å². The van der Waals surface area contributed by atoms with E-state index in [1.807, 2.05) is 43.3 Å². The third-order valence-electron chi connectivity index (χ3n) is 3.31. The highest BCUT2D eigenvalue weighted by molar-refractivity contribution is 7.13. The average Bonchev–Trinajstić information content (AvgIpc) is 3.04. The van der Waals surface area contributed by atoms with Crippen LogP contribution < -0.4 is 4.90 Å². The lowest BCUT2D eigenvalue weighted by Crippen LogP contribution is -2.30. The van der Waals surface area contributed by atoms with Crippen LogP contribution in [0.25, 0.3) is 0 Å². The molecule has 110 valence electrons. The second-order valence-corrected chi connectivity index (χ2v) is 6.18. The lowest BCUT2D eigenvalue weighted by atomic mass is 10.1. The summed E-state index contributed by atoms with van der Waals surface area (Å²) in [6.07, 6.45) is 3.38. The molecule has 0 fully saturated rings. The van der Waals surface area contributed by atoms with Gasteiger partial charge in [-0.15, -0.1) is 23.0 Å². The number of aryl methyl sites for hydroxylation is 1. The van der Waals surface area contributed by atoms with Crippen molar-refractivity contribution in [1.29, 1.82) is 0 Å². The van der Waals surface area contributed by atoms with Gasteiger partial charge < -0.3 is 4.90 Å². The maximum absolute atomic E-state index is 12.5. The molecule has 2 heterocycles. The van der Waals surface area contributed by atoms with Crippen LogP contribution in [0.4, 0.5) is 5.69 Å². The van der Waals surface area contributed by atoms with Gasteiger partial charge >= 0.3 is 0 Å². The van der Waals surface area contributed by atoms with Crippen LogP contribution >= 0.6 is 11.3 Å². The van der Waals surface area contributed by atoms with Crippen molar-refractivity contribution in [1.82, 2.24) is 0 Å². The van der Waals surface area contributed by atoms with E-state index >= 15 is 0 Å². The highest BCUT2D eigenvalue weighted by atomic mass is 32.1. The normalized spacial score (nSPS) is 15.8. The zero-order valence-corrected chi connectivity index (χ0v) is 13.0. The number of benzene rings is 1. The minimum Gasteiger partial charge on any atom is -0.302 e. The van der Waals surface area contributed by atoms with E-state index in [-0.39, 0.29) is 5.91 Å². The van der Waals surface area contributed by atoms with Crippen molar-refractivity contribution in [2.24, 2.45) is 10.2 Å². The maximum atomic E-state index is 12.5. The maximum Gasteiger partial charge on any atom is 0.279 e. The van der Waals surface area contributed by atoms with Crippen molar-refractivity contribution >= 4 is 34.9 Å². The molecule has 0 unspecified atom stereocenters. The lowest BCUT2D eigenvalue weighted by molar-refractivity contribution is -0.112. The van der Waals surface area contributed by atoms with Crippen LogP contribution in [0.5, 0.6) is 0 Å². The van der Waals surface area contributed by atoms with Crippen molar-refractivity contribution in [2.75, 3.05) is 11.4 Å². The molecule has 22 heavy (non-hydrogen) atoms. The van der Waals surface area contributed by atoms with Gasteiger partial charge in [0.25, 0.3) is 5.91 Å². The molecule has 0 spiro atoms. The molecule has 1 aliphatic rings. The van der Waals surface area contributed by atoms with Gasteiger partial charge in [-0.1, -0.05) is 24.3 Å². The quantitative estimate of drug-likeness (QED) is 0.485. The molecule has 1 aromatic carbocycles. The number of anilines is 1. The molecule has 0 N–H and O–H groups in total. The molecule has 3 rings (SSSR count). The summed E-state index contributed by atoms with van der Waals surface area (Å²) in [5.41, 5.74) is 2.05. The Morgan fingerprint density at radius 3 is 2.82 bits per heavy atom. The van der Waals surface area contributed by atoms with E-state index < -0.39 is 0 Å². The second-order valence-electron chi connectivity index (χ2n) is 4.86. The van der Waals surface area contributed by atoms with E-state index in [1.54, 1.807) is 28.5 Å². The number of nitrogens with zero attached hydrogens (tertiary/aromatic N) is 3. The number of thiophene rings is 1. The summed E-state index contributed by atoms with van der Waals surface area (Å²) < 4.78 is 0. The van der Waals surface area contributed by atoms with E-state index in [1.165, 1.54) is 4.88 Å². The van der Waals surface area contributed by atoms with Gasteiger partial charge in [0.15, 0.2) is 5.71 Å². The molecule has 0 saturated heterocycles. The number of amides is 1. The molecular formula is C17H15N3OS. The van der Waals surface area contributed by atoms with E-state index in [4.69, 9.17) is 0 Å². The Bertz CT molecular complexity index is 789. The van der Waals surface area contributed by atoms with Gasteiger partial charge in [-0.2, -0.15) is 5.10 Å². The zero-order valence-electron chi connectivity index (χ0n) is 12.2. The molecule has 5 heteroatoms. The molecule has 1 aromatic heterocycles. The summed E-state index contributed by atoms with van der Waals surface area (Å²) in [5.74, 6) is -0.138. The smallest absolute Gasteiger partial charge is 0.279 e. The van der Waals surface area contributed by atoms with Gasteiger partial charge in [-0.3, -0.25) is 4.79 Å². The fourth-order valence-electron chi connectivity index (χ4n) is 2.34. The van der Waals surface area contributed by atoms with E-state index in [0.29, 0.717) is 12.3 Å². The molecule has 0 radical (unpaired) electrons. The molecule has 0 aliphatic carbocycles. The standard InChI is InChI=1S/C17H15N3OS/c1-3-10-20-15-7-5-4-6-14(15)16(17(20)21)19-18-11-13-9-8-12(2)22-13/h3-9,11H,1,10H2,2H3. The molecule has 0 atom stereocenters. The Kier molecular flexibility index (Phi) is 3.98. The summed E-state index contributed by atoms with van der Waals surface area (Å²) >= 11 is 1.64. The Morgan fingerprint density at radius 1 is 1.27 bits per heavy atom. The molecule has 2 aromatic rings. The highest BCUT2D eigenvalue weighted by Crippen LogP contribution is 2.29. The summed E-state index contributed by atoms with van der Waals surface area (Å²) in [6, 6.07) is 11.6. The highest BCUT2D eigenvalue weighted by Gasteiger charge is 2.32. The Hall–Kier alpha value is -2.53. The molecule has 0 saturated carbocycles. The van der Waals surface area contributed by atoms with E-state index in [2.05, 4.69) is 16.8 Å². The summed E-state index contributed by atoms with van der Waals surface area (Å²) in [5, 5.41) is 8.23. The number of hydrogen-bond acceptors (Lipinski definition) is 4. The van der Waals surface area contributed by atoms with Crippen molar-refractivity contribution in [2.45, 2.75) is 6.92 Å². The number of rotatable bonds is 4. The van der Waals surface area contributed by atoms with Crippen molar-refractivity contribution in [3.8, 4) is 0 Å². The summed E-state index contributed by atoms with van der Waals surface area (Å²) in [7, 11) is 0. The van der Waals surface area contributed by atoms with E-state index in [9.17, 15) is 4.79 Å². The second kappa shape index (κ2) is 6.07. The predicted octanol–water partition coefficient (Wildman–Crippen LogP) is 3.41. The topological polar surface area (TPSA) is 45.0 Å². The average molecular weight is 309 g/mol. The number of hydrogen-bond donors (Lipinski definition) is 0. The molecule has 0 bridgehead atoms. The fourth-order valence-corrected chi connectivity index (χ4v) is 3.08. The Balaban J connectivity index is 1.93. The molecule has 1 amide bonds. The van der Waals surface area contributed by atoms with Crippen LogP contribution in [-0.2, 0) is 4.79 Å². The fraction of sp³-hybridized carbons (Fsp3) is 0.118. The van der Waals surface area contributed by atoms with Crippen molar-refractivity contribution < 1.29 is 4.79 Å². The third-order valence-corrected chi connectivity index (χ3v) is 4.25. The van der Waals surface area contributed by atoms with Crippen molar-refractivity contribution in [3.63, 3.8) is 0 Å².